The number of ether oxygens (including phenoxy) is 1. The summed E-state index contributed by atoms with van der Waals surface area (Å²) in [7, 11) is 0. The standard InChI is InChI=1S/C15H20N2O4/c1-11-2-4-12(5-3-11)17(8-6-14(18)19)15(20)13-10-21-9-7-16-13/h2-5,13,16H,6-10H2,1H3,(H,18,19). The van der Waals surface area contributed by atoms with Crippen LogP contribution in [0.1, 0.15) is 12.0 Å². The number of aryl methyl sites for hydroxylation is 1. The van der Waals surface area contributed by atoms with Gasteiger partial charge in [0.1, 0.15) is 6.04 Å². The first-order valence-electron chi connectivity index (χ1n) is 6.99. The van der Waals surface area contributed by atoms with Crippen molar-refractivity contribution >= 4 is 17.6 Å². The molecule has 0 spiro atoms. The Morgan fingerprint density at radius 2 is 2.10 bits per heavy atom. The van der Waals surface area contributed by atoms with E-state index in [1.54, 1.807) is 0 Å². The van der Waals surface area contributed by atoms with Crippen LogP contribution in [0, 0.1) is 6.92 Å². The topological polar surface area (TPSA) is 78.9 Å². The van der Waals surface area contributed by atoms with Crippen LogP contribution in [0.25, 0.3) is 0 Å². The van der Waals surface area contributed by atoms with E-state index in [1.165, 1.54) is 4.90 Å². The maximum Gasteiger partial charge on any atom is 0.305 e. The molecule has 1 aliphatic rings. The average Bonchev–Trinajstić information content (AvgIpc) is 2.49. The Morgan fingerprint density at radius 1 is 1.38 bits per heavy atom. The summed E-state index contributed by atoms with van der Waals surface area (Å²) in [5.74, 6) is -1.08. The lowest BCUT2D eigenvalue weighted by molar-refractivity contribution is -0.136. The molecule has 1 aromatic rings. The molecule has 1 heterocycles. The molecule has 1 atom stereocenters. The number of carbonyl (C=O) groups is 2. The second-order valence-electron chi connectivity index (χ2n) is 5.05. The third kappa shape index (κ3) is 4.27. The molecule has 21 heavy (non-hydrogen) atoms. The number of carbonyl (C=O) groups excluding carboxylic acids is 1. The zero-order chi connectivity index (χ0) is 15.2. The highest BCUT2D eigenvalue weighted by molar-refractivity contribution is 5.97. The number of morpholine rings is 1. The van der Waals surface area contributed by atoms with Gasteiger partial charge in [0.05, 0.1) is 19.6 Å². The van der Waals surface area contributed by atoms with E-state index in [1.807, 2.05) is 31.2 Å². The number of carboxylic acids is 1. The number of aliphatic carboxylic acids is 1. The lowest BCUT2D eigenvalue weighted by atomic mass is 10.1. The molecule has 0 bridgehead atoms. The number of benzene rings is 1. The molecule has 1 aromatic carbocycles. The Morgan fingerprint density at radius 3 is 2.67 bits per heavy atom. The quantitative estimate of drug-likeness (QED) is 0.839. The van der Waals surface area contributed by atoms with Crippen molar-refractivity contribution in [3.8, 4) is 0 Å². The minimum Gasteiger partial charge on any atom is -0.481 e. The summed E-state index contributed by atoms with van der Waals surface area (Å²) in [6, 6.07) is 7.05. The molecule has 1 amide bonds. The first-order chi connectivity index (χ1) is 10.1. The van der Waals surface area contributed by atoms with Crippen molar-refractivity contribution < 1.29 is 19.4 Å². The van der Waals surface area contributed by atoms with Gasteiger partial charge in [0, 0.05) is 18.8 Å². The van der Waals surface area contributed by atoms with Crippen LogP contribution in [-0.4, -0.2) is 49.3 Å². The van der Waals surface area contributed by atoms with Crippen LogP contribution in [0.15, 0.2) is 24.3 Å². The lowest BCUT2D eigenvalue weighted by Crippen LogP contribution is -2.53. The number of carboxylic acid groups (broad SMARTS) is 1. The van der Waals surface area contributed by atoms with Crippen LogP contribution in [0.2, 0.25) is 0 Å². The molecule has 1 fully saturated rings. The molecule has 0 aromatic heterocycles. The fourth-order valence-corrected chi connectivity index (χ4v) is 2.21. The Labute approximate surface area is 123 Å². The van der Waals surface area contributed by atoms with E-state index in [9.17, 15) is 9.59 Å². The molecule has 1 aliphatic heterocycles. The van der Waals surface area contributed by atoms with Crippen LogP contribution in [0.3, 0.4) is 0 Å². The first kappa shape index (κ1) is 15.5. The SMILES string of the molecule is Cc1ccc(N(CCC(=O)O)C(=O)C2COCCN2)cc1. The second-order valence-corrected chi connectivity index (χ2v) is 5.05. The fourth-order valence-electron chi connectivity index (χ4n) is 2.21. The van der Waals surface area contributed by atoms with E-state index in [2.05, 4.69) is 5.32 Å². The summed E-state index contributed by atoms with van der Waals surface area (Å²) in [6.07, 6.45) is -0.0901. The molecule has 2 N–H and O–H groups in total. The molecule has 114 valence electrons. The van der Waals surface area contributed by atoms with E-state index in [-0.39, 0.29) is 18.9 Å². The predicted octanol–water partition coefficient (Wildman–Crippen LogP) is 0.791. The van der Waals surface area contributed by atoms with E-state index in [0.717, 1.165) is 5.56 Å². The monoisotopic (exact) mass is 292 g/mol. The van der Waals surface area contributed by atoms with Gasteiger partial charge in [-0.3, -0.25) is 9.59 Å². The molecular formula is C15H20N2O4. The largest absolute Gasteiger partial charge is 0.481 e. The van der Waals surface area contributed by atoms with Gasteiger partial charge in [-0.2, -0.15) is 0 Å². The van der Waals surface area contributed by atoms with E-state index in [4.69, 9.17) is 9.84 Å². The molecule has 6 nitrogen and oxygen atoms in total. The maximum absolute atomic E-state index is 12.6. The van der Waals surface area contributed by atoms with Gasteiger partial charge in [0.15, 0.2) is 0 Å². The van der Waals surface area contributed by atoms with E-state index >= 15 is 0 Å². The van der Waals surface area contributed by atoms with Gasteiger partial charge in [-0.05, 0) is 19.1 Å². The Kier molecular flexibility index (Phi) is 5.30. The van der Waals surface area contributed by atoms with Gasteiger partial charge >= 0.3 is 5.97 Å². The smallest absolute Gasteiger partial charge is 0.305 e. The van der Waals surface area contributed by atoms with Crippen LogP contribution in [0.5, 0.6) is 0 Å². The predicted molar refractivity (Wildman–Crippen MR) is 78.4 cm³/mol. The minimum atomic E-state index is -0.923. The van der Waals surface area contributed by atoms with Crippen molar-refractivity contribution in [2.24, 2.45) is 0 Å². The van der Waals surface area contributed by atoms with Gasteiger partial charge in [-0.25, -0.2) is 0 Å². The third-order valence-electron chi connectivity index (χ3n) is 3.38. The number of hydrogen-bond acceptors (Lipinski definition) is 4. The summed E-state index contributed by atoms with van der Waals surface area (Å²) in [6.45, 7) is 3.63. The molecule has 1 saturated heterocycles. The summed E-state index contributed by atoms with van der Waals surface area (Å²) in [4.78, 5) is 24.9. The molecule has 1 unspecified atom stereocenters. The summed E-state index contributed by atoms with van der Waals surface area (Å²) in [5, 5.41) is 12.0. The maximum atomic E-state index is 12.6. The molecule has 0 radical (unpaired) electrons. The second kappa shape index (κ2) is 7.19. The van der Waals surface area contributed by atoms with Crippen molar-refractivity contribution in [2.75, 3.05) is 31.2 Å². The molecule has 0 aliphatic carbocycles. The lowest BCUT2D eigenvalue weighted by Gasteiger charge is -2.30. The van der Waals surface area contributed by atoms with Crippen molar-refractivity contribution in [2.45, 2.75) is 19.4 Å². The molecule has 6 heteroatoms. The number of nitrogens with one attached hydrogen (secondary N) is 1. The molecular weight excluding hydrogens is 272 g/mol. The minimum absolute atomic E-state index is 0.0901. The van der Waals surface area contributed by atoms with Crippen molar-refractivity contribution in [3.05, 3.63) is 29.8 Å². The highest BCUT2D eigenvalue weighted by atomic mass is 16.5. The summed E-state index contributed by atoms with van der Waals surface area (Å²) in [5.41, 5.74) is 1.79. The van der Waals surface area contributed by atoms with E-state index in [0.29, 0.717) is 25.4 Å². The van der Waals surface area contributed by atoms with Gasteiger partial charge < -0.3 is 20.1 Å². The average molecular weight is 292 g/mol. The fraction of sp³-hybridized carbons (Fsp3) is 0.467. The summed E-state index contributed by atoms with van der Waals surface area (Å²) < 4.78 is 5.31. The van der Waals surface area contributed by atoms with Crippen LogP contribution in [0.4, 0.5) is 5.69 Å². The Balaban J connectivity index is 2.15. The first-order valence-corrected chi connectivity index (χ1v) is 6.99. The zero-order valence-electron chi connectivity index (χ0n) is 12.0. The molecule has 2 rings (SSSR count). The van der Waals surface area contributed by atoms with E-state index < -0.39 is 12.0 Å². The van der Waals surface area contributed by atoms with Gasteiger partial charge in [0.25, 0.3) is 0 Å². The number of hydrogen-bond donors (Lipinski definition) is 2. The summed E-state index contributed by atoms with van der Waals surface area (Å²) >= 11 is 0. The van der Waals surface area contributed by atoms with Gasteiger partial charge in [-0.15, -0.1) is 0 Å². The zero-order valence-corrected chi connectivity index (χ0v) is 12.0. The Hall–Kier alpha value is -1.92. The van der Waals surface area contributed by atoms with Gasteiger partial charge in [0.2, 0.25) is 5.91 Å². The highest BCUT2D eigenvalue weighted by Crippen LogP contribution is 2.17. The van der Waals surface area contributed by atoms with Crippen LogP contribution in [-0.2, 0) is 14.3 Å². The van der Waals surface area contributed by atoms with Crippen molar-refractivity contribution in [1.82, 2.24) is 5.32 Å². The normalized spacial score (nSPS) is 18.2. The number of rotatable bonds is 5. The number of nitrogens with zero attached hydrogens (tertiary/aromatic N) is 1. The highest BCUT2D eigenvalue weighted by Gasteiger charge is 2.27. The Bertz CT molecular complexity index is 495. The molecule has 0 saturated carbocycles. The third-order valence-corrected chi connectivity index (χ3v) is 3.38. The van der Waals surface area contributed by atoms with Crippen molar-refractivity contribution in [1.29, 1.82) is 0 Å². The number of amides is 1. The van der Waals surface area contributed by atoms with Crippen LogP contribution >= 0.6 is 0 Å². The van der Waals surface area contributed by atoms with Crippen molar-refractivity contribution in [3.63, 3.8) is 0 Å². The van der Waals surface area contributed by atoms with Crippen LogP contribution < -0.4 is 10.2 Å². The van der Waals surface area contributed by atoms with Gasteiger partial charge in [-0.1, -0.05) is 17.7 Å². The number of anilines is 1.